The van der Waals surface area contributed by atoms with Gasteiger partial charge >= 0.3 is 0 Å². The predicted molar refractivity (Wildman–Crippen MR) is 64.2 cm³/mol. The standard InChI is InChI=1S/C10H11ClN4O2/c11-6-3-5(1-2-7(6)12)13-10(17)8-4-9(16)15-14-8/h1-3,8,14H,4,12H2,(H,13,17)(H,15,16). The third kappa shape index (κ3) is 2.66. The lowest BCUT2D eigenvalue weighted by atomic mass is 10.2. The molecule has 17 heavy (non-hydrogen) atoms. The van der Waals surface area contributed by atoms with Crippen LogP contribution in [0.25, 0.3) is 0 Å². The van der Waals surface area contributed by atoms with Gasteiger partial charge in [0.05, 0.1) is 17.1 Å². The first-order valence-corrected chi connectivity index (χ1v) is 5.34. The molecule has 0 aliphatic carbocycles. The minimum atomic E-state index is -0.571. The Balaban J connectivity index is 2.03. The minimum Gasteiger partial charge on any atom is -0.398 e. The molecule has 2 amide bonds. The molecule has 1 saturated heterocycles. The Hall–Kier alpha value is -1.79. The van der Waals surface area contributed by atoms with Gasteiger partial charge in [-0.3, -0.25) is 15.0 Å². The maximum absolute atomic E-state index is 11.7. The number of nitrogens with two attached hydrogens (primary N) is 1. The van der Waals surface area contributed by atoms with Crippen molar-refractivity contribution in [1.29, 1.82) is 0 Å². The lowest BCUT2D eigenvalue weighted by molar-refractivity contribution is -0.121. The second-order valence-corrected chi connectivity index (χ2v) is 4.08. The van der Waals surface area contributed by atoms with Crippen molar-refractivity contribution in [2.75, 3.05) is 11.1 Å². The van der Waals surface area contributed by atoms with Crippen molar-refractivity contribution in [3.8, 4) is 0 Å². The van der Waals surface area contributed by atoms with E-state index in [4.69, 9.17) is 17.3 Å². The van der Waals surface area contributed by atoms with Gasteiger partial charge in [-0.25, -0.2) is 5.43 Å². The van der Waals surface area contributed by atoms with E-state index in [1.54, 1.807) is 18.2 Å². The summed E-state index contributed by atoms with van der Waals surface area (Å²) >= 11 is 5.82. The molecule has 1 fully saturated rings. The number of rotatable bonds is 2. The molecule has 1 unspecified atom stereocenters. The van der Waals surface area contributed by atoms with Crippen LogP contribution >= 0.6 is 11.6 Å². The maximum Gasteiger partial charge on any atom is 0.243 e. The van der Waals surface area contributed by atoms with Gasteiger partial charge < -0.3 is 11.1 Å². The Morgan fingerprint density at radius 1 is 1.53 bits per heavy atom. The van der Waals surface area contributed by atoms with Crippen molar-refractivity contribution in [3.05, 3.63) is 23.2 Å². The van der Waals surface area contributed by atoms with E-state index in [-0.39, 0.29) is 18.2 Å². The van der Waals surface area contributed by atoms with Crippen molar-refractivity contribution in [3.63, 3.8) is 0 Å². The van der Waals surface area contributed by atoms with Gasteiger partial charge in [0.1, 0.15) is 6.04 Å². The highest BCUT2D eigenvalue weighted by Crippen LogP contribution is 2.22. The van der Waals surface area contributed by atoms with Crippen LogP contribution in [-0.4, -0.2) is 17.9 Å². The Bertz CT molecular complexity index is 477. The van der Waals surface area contributed by atoms with Crippen LogP contribution in [0.1, 0.15) is 6.42 Å². The van der Waals surface area contributed by atoms with E-state index in [0.717, 1.165) is 0 Å². The average molecular weight is 255 g/mol. The number of hydrogen-bond donors (Lipinski definition) is 4. The Morgan fingerprint density at radius 3 is 2.88 bits per heavy atom. The Kier molecular flexibility index (Phi) is 3.16. The van der Waals surface area contributed by atoms with E-state index in [0.29, 0.717) is 16.4 Å². The van der Waals surface area contributed by atoms with Crippen molar-refractivity contribution in [2.24, 2.45) is 0 Å². The van der Waals surface area contributed by atoms with Crippen LogP contribution in [-0.2, 0) is 9.59 Å². The Morgan fingerprint density at radius 2 is 2.29 bits per heavy atom. The zero-order valence-corrected chi connectivity index (χ0v) is 9.54. The molecule has 1 atom stereocenters. The number of benzene rings is 1. The zero-order chi connectivity index (χ0) is 12.4. The smallest absolute Gasteiger partial charge is 0.243 e. The normalized spacial score (nSPS) is 18.9. The SMILES string of the molecule is Nc1ccc(NC(=O)C2CC(=O)NN2)cc1Cl. The summed E-state index contributed by atoms with van der Waals surface area (Å²) in [4.78, 5) is 22.6. The number of hydrogen-bond acceptors (Lipinski definition) is 4. The maximum atomic E-state index is 11.7. The number of hydrazine groups is 1. The fraction of sp³-hybridized carbons (Fsp3) is 0.200. The van der Waals surface area contributed by atoms with Crippen LogP contribution in [0, 0.1) is 0 Å². The van der Waals surface area contributed by atoms with Crippen molar-refractivity contribution >= 4 is 34.8 Å². The number of anilines is 2. The summed E-state index contributed by atoms with van der Waals surface area (Å²) in [6.07, 6.45) is 0.120. The second kappa shape index (κ2) is 4.60. The molecule has 0 saturated carbocycles. The molecule has 90 valence electrons. The van der Waals surface area contributed by atoms with Gasteiger partial charge in [-0.05, 0) is 18.2 Å². The highest BCUT2D eigenvalue weighted by atomic mass is 35.5. The molecule has 2 rings (SSSR count). The Labute approximate surface area is 102 Å². The highest BCUT2D eigenvalue weighted by molar-refractivity contribution is 6.33. The third-order valence-electron chi connectivity index (χ3n) is 2.36. The third-order valence-corrected chi connectivity index (χ3v) is 2.69. The van der Waals surface area contributed by atoms with Crippen molar-refractivity contribution in [1.82, 2.24) is 10.9 Å². The molecule has 1 aromatic carbocycles. The van der Waals surface area contributed by atoms with E-state index < -0.39 is 6.04 Å². The summed E-state index contributed by atoms with van der Waals surface area (Å²) < 4.78 is 0. The van der Waals surface area contributed by atoms with E-state index in [1.807, 2.05) is 0 Å². The lowest BCUT2D eigenvalue weighted by Crippen LogP contribution is -2.39. The second-order valence-electron chi connectivity index (χ2n) is 3.67. The van der Waals surface area contributed by atoms with E-state index in [1.165, 1.54) is 0 Å². The quantitative estimate of drug-likeness (QED) is 0.569. The topological polar surface area (TPSA) is 96.2 Å². The molecule has 1 heterocycles. The summed E-state index contributed by atoms with van der Waals surface area (Å²) in [7, 11) is 0. The van der Waals surface area contributed by atoms with Gasteiger partial charge in [0.15, 0.2) is 0 Å². The van der Waals surface area contributed by atoms with Crippen LogP contribution in [0.5, 0.6) is 0 Å². The molecule has 0 radical (unpaired) electrons. The van der Waals surface area contributed by atoms with Crippen LogP contribution in [0.2, 0.25) is 5.02 Å². The fourth-order valence-electron chi connectivity index (χ4n) is 1.45. The molecule has 0 spiro atoms. The van der Waals surface area contributed by atoms with E-state index in [2.05, 4.69) is 16.2 Å². The first-order valence-electron chi connectivity index (χ1n) is 4.96. The largest absolute Gasteiger partial charge is 0.398 e. The summed E-state index contributed by atoms with van der Waals surface area (Å²) in [5.41, 5.74) is 11.5. The highest BCUT2D eigenvalue weighted by Gasteiger charge is 2.27. The van der Waals surface area contributed by atoms with Gasteiger partial charge in [0.25, 0.3) is 0 Å². The average Bonchev–Trinajstić information content (AvgIpc) is 2.70. The van der Waals surface area contributed by atoms with Gasteiger partial charge in [0, 0.05) is 5.69 Å². The molecule has 0 aromatic heterocycles. The van der Waals surface area contributed by atoms with E-state index in [9.17, 15) is 9.59 Å². The summed E-state index contributed by atoms with van der Waals surface area (Å²) in [6, 6.07) is 4.23. The number of amides is 2. The minimum absolute atomic E-state index is 0.120. The molecule has 1 aliphatic heterocycles. The number of halogens is 1. The van der Waals surface area contributed by atoms with Gasteiger partial charge in [0.2, 0.25) is 11.8 Å². The molecule has 7 heteroatoms. The molecule has 1 aromatic rings. The predicted octanol–water partition coefficient (Wildman–Crippen LogP) is 0.254. The van der Waals surface area contributed by atoms with Crippen LogP contribution < -0.4 is 21.9 Å². The first kappa shape index (κ1) is 11.7. The monoisotopic (exact) mass is 254 g/mol. The lowest BCUT2D eigenvalue weighted by Gasteiger charge is -2.10. The molecular weight excluding hydrogens is 244 g/mol. The van der Waals surface area contributed by atoms with Crippen LogP contribution in [0.15, 0.2) is 18.2 Å². The molecule has 6 nitrogen and oxygen atoms in total. The molecular formula is C10H11ClN4O2. The number of carbonyl (C=O) groups is 2. The molecule has 1 aliphatic rings. The summed E-state index contributed by atoms with van der Waals surface area (Å²) in [6.45, 7) is 0. The first-order chi connectivity index (χ1) is 8.06. The number of nitrogens with one attached hydrogen (secondary N) is 3. The van der Waals surface area contributed by atoms with Gasteiger partial charge in [-0.1, -0.05) is 11.6 Å². The van der Waals surface area contributed by atoms with Gasteiger partial charge in [-0.2, -0.15) is 0 Å². The number of nitrogen functional groups attached to an aromatic ring is 1. The number of carbonyl (C=O) groups excluding carboxylic acids is 2. The van der Waals surface area contributed by atoms with Crippen LogP contribution in [0.3, 0.4) is 0 Å². The van der Waals surface area contributed by atoms with Crippen LogP contribution in [0.4, 0.5) is 11.4 Å². The van der Waals surface area contributed by atoms with E-state index >= 15 is 0 Å². The summed E-state index contributed by atoms with van der Waals surface area (Å²) in [5.74, 6) is -0.510. The van der Waals surface area contributed by atoms with Crippen molar-refractivity contribution in [2.45, 2.75) is 12.5 Å². The van der Waals surface area contributed by atoms with Gasteiger partial charge in [-0.15, -0.1) is 0 Å². The van der Waals surface area contributed by atoms with Crippen molar-refractivity contribution < 1.29 is 9.59 Å². The molecule has 5 N–H and O–H groups in total. The zero-order valence-electron chi connectivity index (χ0n) is 8.79. The molecule has 0 bridgehead atoms. The summed E-state index contributed by atoms with van der Waals surface area (Å²) in [5, 5.41) is 3.01. The fourth-order valence-corrected chi connectivity index (χ4v) is 1.63.